The lowest BCUT2D eigenvalue weighted by atomic mass is 10.2. The van der Waals surface area contributed by atoms with E-state index in [1.807, 2.05) is 31.2 Å². The Balaban J connectivity index is 2.10. The van der Waals surface area contributed by atoms with Crippen LogP contribution in [-0.4, -0.2) is 11.7 Å². The van der Waals surface area contributed by atoms with Crippen molar-refractivity contribution in [1.82, 2.24) is 0 Å². The zero-order chi connectivity index (χ0) is 13.7. The summed E-state index contributed by atoms with van der Waals surface area (Å²) in [6.07, 6.45) is 0. The number of ether oxygens (including phenoxy) is 2. The van der Waals surface area contributed by atoms with Crippen LogP contribution in [0.1, 0.15) is 12.5 Å². The van der Waals surface area contributed by atoms with Crippen molar-refractivity contribution in [3.63, 3.8) is 0 Å². The monoisotopic (exact) mass is 278 g/mol. The molecule has 1 N–H and O–H groups in total. The average Bonchev–Trinajstić information content (AvgIpc) is 2.42. The third kappa shape index (κ3) is 3.63. The number of rotatable bonds is 5. The lowest BCUT2D eigenvalue weighted by Crippen LogP contribution is -1.91. The Kier molecular flexibility index (Phi) is 4.66. The fourth-order valence-electron chi connectivity index (χ4n) is 1.63. The summed E-state index contributed by atoms with van der Waals surface area (Å²) in [7, 11) is 0. The van der Waals surface area contributed by atoms with Gasteiger partial charge in [0.2, 0.25) is 0 Å². The second-order valence-electron chi connectivity index (χ2n) is 3.92. The van der Waals surface area contributed by atoms with Gasteiger partial charge in [-0.25, -0.2) is 0 Å². The normalized spacial score (nSPS) is 10.3. The molecule has 19 heavy (non-hydrogen) atoms. The van der Waals surface area contributed by atoms with Crippen LogP contribution in [0.4, 0.5) is 0 Å². The maximum Gasteiger partial charge on any atom is 0.128 e. The molecule has 0 fully saturated rings. The van der Waals surface area contributed by atoms with Crippen molar-refractivity contribution in [2.24, 2.45) is 0 Å². The highest BCUT2D eigenvalue weighted by molar-refractivity contribution is 6.31. The van der Waals surface area contributed by atoms with E-state index < -0.39 is 0 Å². The Bertz CT molecular complexity index is 538. The molecular weight excluding hydrogens is 264 g/mol. The molecule has 100 valence electrons. The summed E-state index contributed by atoms with van der Waals surface area (Å²) in [5.74, 6) is 2.14. The smallest absolute Gasteiger partial charge is 0.128 e. The number of aliphatic hydroxyl groups excluding tert-OH is 1. The maximum atomic E-state index is 9.04. The van der Waals surface area contributed by atoms with E-state index in [0.29, 0.717) is 28.7 Å². The van der Waals surface area contributed by atoms with Crippen molar-refractivity contribution in [2.45, 2.75) is 13.5 Å². The highest BCUT2D eigenvalue weighted by Crippen LogP contribution is 2.27. The molecule has 0 radical (unpaired) electrons. The third-order valence-corrected chi connectivity index (χ3v) is 2.92. The van der Waals surface area contributed by atoms with E-state index >= 15 is 0 Å². The molecule has 0 heterocycles. The van der Waals surface area contributed by atoms with Crippen molar-refractivity contribution in [3.8, 4) is 17.2 Å². The summed E-state index contributed by atoms with van der Waals surface area (Å²) in [6.45, 7) is 2.50. The van der Waals surface area contributed by atoms with Crippen LogP contribution in [0.2, 0.25) is 5.02 Å². The Morgan fingerprint density at radius 3 is 2.21 bits per heavy atom. The van der Waals surface area contributed by atoms with Crippen molar-refractivity contribution in [2.75, 3.05) is 6.61 Å². The molecule has 0 aliphatic carbocycles. The Morgan fingerprint density at radius 1 is 1.00 bits per heavy atom. The van der Waals surface area contributed by atoms with Crippen LogP contribution >= 0.6 is 11.6 Å². The van der Waals surface area contributed by atoms with Crippen LogP contribution in [0.25, 0.3) is 0 Å². The molecule has 2 aromatic carbocycles. The van der Waals surface area contributed by atoms with Crippen molar-refractivity contribution in [3.05, 3.63) is 53.1 Å². The van der Waals surface area contributed by atoms with Crippen LogP contribution in [0, 0.1) is 0 Å². The molecule has 0 atom stereocenters. The van der Waals surface area contributed by atoms with Gasteiger partial charge in [-0.3, -0.25) is 0 Å². The fourth-order valence-corrected chi connectivity index (χ4v) is 1.86. The molecule has 2 rings (SSSR count). The first-order valence-electron chi connectivity index (χ1n) is 6.03. The minimum absolute atomic E-state index is 0.0812. The van der Waals surface area contributed by atoms with Crippen LogP contribution in [-0.2, 0) is 6.61 Å². The van der Waals surface area contributed by atoms with E-state index in [-0.39, 0.29) is 6.61 Å². The lowest BCUT2D eigenvalue weighted by Gasteiger charge is -2.09. The molecule has 2 aromatic rings. The molecule has 0 aliphatic rings. The van der Waals surface area contributed by atoms with Gasteiger partial charge in [0.15, 0.2) is 0 Å². The SMILES string of the molecule is CCOc1ccc(Oc2ccc(CO)c(Cl)c2)cc1. The Hall–Kier alpha value is -1.71. The molecule has 0 saturated carbocycles. The van der Waals surface area contributed by atoms with E-state index in [1.54, 1.807) is 18.2 Å². The molecule has 3 nitrogen and oxygen atoms in total. The summed E-state index contributed by atoms with van der Waals surface area (Å²) >= 11 is 6.00. The van der Waals surface area contributed by atoms with E-state index in [4.69, 9.17) is 26.2 Å². The van der Waals surface area contributed by atoms with Crippen LogP contribution in [0.3, 0.4) is 0 Å². The van der Waals surface area contributed by atoms with E-state index in [9.17, 15) is 0 Å². The topological polar surface area (TPSA) is 38.7 Å². The number of aliphatic hydroxyl groups is 1. The summed E-state index contributed by atoms with van der Waals surface area (Å²) in [5, 5.41) is 9.53. The van der Waals surface area contributed by atoms with E-state index in [0.717, 1.165) is 5.75 Å². The molecule has 0 aromatic heterocycles. The largest absolute Gasteiger partial charge is 0.494 e. The van der Waals surface area contributed by atoms with Gasteiger partial charge in [0.1, 0.15) is 17.2 Å². The molecular formula is C15H15ClO3. The Morgan fingerprint density at radius 2 is 1.63 bits per heavy atom. The quantitative estimate of drug-likeness (QED) is 0.898. The van der Waals surface area contributed by atoms with Gasteiger partial charge < -0.3 is 14.6 Å². The van der Waals surface area contributed by atoms with Crippen molar-refractivity contribution < 1.29 is 14.6 Å². The predicted molar refractivity (Wildman–Crippen MR) is 75.1 cm³/mol. The van der Waals surface area contributed by atoms with Crippen molar-refractivity contribution >= 4 is 11.6 Å². The summed E-state index contributed by atoms with van der Waals surface area (Å²) in [4.78, 5) is 0. The van der Waals surface area contributed by atoms with E-state index in [1.165, 1.54) is 0 Å². The van der Waals surface area contributed by atoms with Crippen LogP contribution in [0.15, 0.2) is 42.5 Å². The number of hydrogen-bond acceptors (Lipinski definition) is 3. The maximum absolute atomic E-state index is 9.04. The van der Waals surface area contributed by atoms with Crippen LogP contribution in [0.5, 0.6) is 17.2 Å². The highest BCUT2D eigenvalue weighted by atomic mass is 35.5. The molecule has 0 aliphatic heterocycles. The second kappa shape index (κ2) is 6.45. The van der Waals surface area contributed by atoms with Crippen LogP contribution < -0.4 is 9.47 Å². The summed E-state index contributed by atoms with van der Waals surface area (Å²) in [6, 6.07) is 12.6. The van der Waals surface area contributed by atoms with Gasteiger partial charge >= 0.3 is 0 Å². The first-order chi connectivity index (χ1) is 9.22. The third-order valence-electron chi connectivity index (χ3n) is 2.57. The van der Waals surface area contributed by atoms with E-state index in [2.05, 4.69) is 0 Å². The van der Waals surface area contributed by atoms with Gasteiger partial charge in [0.05, 0.1) is 13.2 Å². The highest BCUT2D eigenvalue weighted by Gasteiger charge is 2.03. The first-order valence-corrected chi connectivity index (χ1v) is 6.40. The summed E-state index contributed by atoms with van der Waals surface area (Å²) < 4.78 is 11.0. The summed E-state index contributed by atoms with van der Waals surface area (Å²) in [5.41, 5.74) is 0.681. The van der Waals surface area contributed by atoms with Gasteiger partial charge in [-0.05, 0) is 48.9 Å². The minimum atomic E-state index is -0.0812. The second-order valence-corrected chi connectivity index (χ2v) is 4.33. The number of halogens is 1. The standard InChI is InChI=1S/C15H15ClO3/c1-2-18-12-5-7-13(8-6-12)19-14-4-3-11(10-17)15(16)9-14/h3-9,17H,2,10H2,1H3. The van der Waals surface area contributed by atoms with Gasteiger partial charge in [0, 0.05) is 5.02 Å². The van der Waals surface area contributed by atoms with Gasteiger partial charge in [-0.15, -0.1) is 0 Å². The zero-order valence-corrected chi connectivity index (χ0v) is 11.4. The minimum Gasteiger partial charge on any atom is -0.494 e. The van der Waals surface area contributed by atoms with Crippen molar-refractivity contribution in [1.29, 1.82) is 0 Å². The Labute approximate surface area is 117 Å². The average molecular weight is 279 g/mol. The lowest BCUT2D eigenvalue weighted by molar-refractivity contribution is 0.282. The molecule has 0 unspecified atom stereocenters. The first kappa shape index (κ1) is 13.7. The van der Waals surface area contributed by atoms with Gasteiger partial charge in [-0.2, -0.15) is 0 Å². The molecule has 0 spiro atoms. The fraction of sp³-hybridized carbons (Fsp3) is 0.200. The van der Waals surface area contributed by atoms with Gasteiger partial charge in [-0.1, -0.05) is 17.7 Å². The molecule has 0 saturated heterocycles. The zero-order valence-electron chi connectivity index (χ0n) is 10.6. The molecule has 4 heteroatoms. The number of hydrogen-bond donors (Lipinski definition) is 1. The molecule has 0 amide bonds. The van der Waals surface area contributed by atoms with Gasteiger partial charge in [0.25, 0.3) is 0 Å². The number of benzene rings is 2. The predicted octanol–water partition coefficient (Wildman–Crippen LogP) is 4.02. The molecule has 0 bridgehead atoms.